The first-order valence-corrected chi connectivity index (χ1v) is 23.9. The summed E-state index contributed by atoms with van der Waals surface area (Å²) in [6.45, 7) is 5.25. The number of hydrogen-bond donors (Lipinski definition) is 1. The fraction of sp³-hybridized carbons (Fsp3) is 0.784. The van der Waals surface area contributed by atoms with Crippen molar-refractivity contribution in [2.45, 2.75) is 238 Å². The summed E-state index contributed by atoms with van der Waals surface area (Å²) in [7, 11) is 0. The molecule has 0 saturated heterocycles. The SMILES string of the molecule is CC/C=C\C/C=C\C/C=C\C/C=C\C/C=C\CCCCCCCCCCCC(=O)OC(CO)COCCCCCCCCCCCCCCCCCCCC. The fourth-order valence-corrected chi connectivity index (χ4v) is 6.83. The van der Waals surface area contributed by atoms with Gasteiger partial charge in [-0.05, 0) is 57.8 Å². The minimum absolute atomic E-state index is 0.173. The van der Waals surface area contributed by atoms with Gasteiger partial charge in [-0.15, -0.1) is 0 Å². The number of esters is 1. The quantitative estimate of drug-likeness (QED) is 0.0381. The summed E-state index contributed by atoms with van der Waals surface area (Å²) in [5.74, 6) is -0.205. The van der Waals surface area contributed by atoms with Gasteiger partial charge < -0.3 is 14.6 Å². The van der Waals surface area contributed by atoms with E-state index in [2.05, 4.69) is 74.6 Å². The van der Waals surface area contributed by atoms with Crippen LogP contribution in [0.5, 0.6) is 0 Å². The van der Waals surface area contributed by atoms with Gasteiger partial charge in [0.2, 0.25) is 0 Å². The lowest BCUT2D eigenvalue weighted by Gasteiger charge is -2.16. The Labute approximate surface area is 343 Å². The Bertz CT molecular complexity index is 900. The Morgan fingerprint density at radius 1 is 0.455 bits per heavy atom. The average Bonchev–Trinajstić information content (AvgIpc) is 3.19. The van der Waals surface area contributed by atoms with E-state index in [0.29, 0.717) is 19.6 Å². The van der Waals surface area contributed by atoms with Crippen LogP contribution in [0.3, 0.4) is 0 Å². The number of allylic oxidation sites excluding steroid dienone is 10. The van der Waals surface area contributed by atoms with Gasteiger partial charge in [0.15, 0.2) is 0 Å². The van der Waals surface area contributed by atoms with Gasteiger partial charge in [0.05, 0.1) is 13.2 Å². The number of ether oxygens (including phenoxy) is 2. The molecular formula is C51H92O4. The summed E-state index contributed by atoms with van der Waals surface area (Å²) < 4.78 is 11.2. The zero-order valence-corrected chi connectivity index (χ0v) is 36.7. The maximum Gasteiger partial charge on any atom is 0.306 e. The van der Waals surface area contributed by atoms with Gasteiger partial charge in [-0.25, -0.2) is 0 Å². The van der Waals surface area contributed by atoms with Gasteiger partial charge in [-0.2, -0.15) is 0 Å². The van der Waals surface area contributed by atoms with Crippen LogP contribution in [0.4, 0.5) is 0 Å². The minimum Gasteiger partial charge on any atom is -0.457 e. The van der Waals surface area contributed by atoms with E-state index >= 15 is 0 Å². The first-order chi connectivity index (χ1) is 27.2. The van der Waals surface area contributed by atoms with E-state index in [-0.39, 0.29) is 12.6 Å². The second-order valence-corrected chi connectivity index (χ2v) is 15.8. The van der Waals surface area contributed by atoms with Crippen LogP contribution >= 0.6 is 0 Å². The monoisotopic (exact) mass is 769 g/mol. The minimum atomic E-state index is -0.538. The summed E-state index contributed by atoms with van der Waals surface area (Å²) in [5.41, 5.74) is 0. The van der Waals surface area contributed by atoms with Crippen LogP contribution in [0.2, 0.25) is 0 Å². The van der Waals surface area contributed by atoms with E-state index in [4.69, 9.17) is 9.47 Å². The molecular weight excluding hydrogens is 677 g/mol. The standard InChI is InChI=1S/C51H92O4/c1-3-5-7-9-11-13-15-17-19-21-23-24-25-26-27-28-29-30-32-34-36-38-40-42-44-46-51(53)55-50(48-52)49-54-47-45-43-41-39-37-35-33-31-22-20-18-16-14-12-10-8-6-4-2/h5,7,11,13,17,19,23-24,26-27,50,52H,3-4,6,8-10,12,14-16,18,20-22,25,28-49H2,1-2H3/b7-5-,13-11-,19-17-,24-23-,27-26-. The molecule has 0 aliphatic carbocycles. The largest absolute Gasteiger partial charge is 0.457 e. The van der Waals surface area contributed by atoms with Crippen LogP contribution in [0.25, 0.3) is 0 Å². The molecule has 4 heteroatoms. The first-order valence-electron chi connectivity index (χ1n) is 23.9. The van der Waals surface area contributed by atoms with Gasteiger partial charge in [-0.3, -0.25) is 4.79 Å². The van der Waals surface area contributed by atoms with Crippen LogP contribution in [0.1, 0.15) is 232 Å². The lowest BCUT2D eigenvalue weighted by molar-refractivity contribution is -0.154. The van der Waals surface area contributed by atoms with E-state index in [1.807, 2.05) is 0 Å². The summed E-state index contributed by atoms with van der Waals surface area (Å²) in [4.78, 5) is 12.2. The molecule has 0 aromatic carbocycles. The van der Waals surface area contributed by atoms with E-state index in [0.717, 1.165) is 51.4 Å². The van der Waals surface area contributed by atoms with Crippen molar-refractivity contribution in [1.29, 1.82) is 0 Å². The third-order valence-electron chi connectivity index (χ3n) is 10.4. The zero-order valence-electron chi connectivity index (χ0n) is 36.7. The zero-order chi connectivity index (χ0) is 39.8. The van der Waals surface area contributed by atoms with Crippen molar-refractivity contribution in [3.05, 3.63) is 60.8 Å². The van der Waals surface area contributed by atoms with E-state index in [9.17, 15) is 9.90 Å². The molecule has 0 aromatic rings. The number of aliphatic hydroxyl groups excluding tert-OH is 1. The highest BCUT2D eigenvalue weighted by atomic mass is 16.6. The van der Waals surface area contributed by atoms with Crippen molar-refractivity contribution in [1.82, 2.24) is 0 Å². The van der Waals surface area contributed by atoms with Crippen LogP contribution in [-0.4, -0.2) is 37.0 Å². The third kappa shape index (κ3) is 46.4. The Kier molecular flexibility index (Phi) is 46.6. The molecule has 1 unspecified atom stereocenters. The van der Waals surface area contributed by atoms with E-state index in [1.165, 1.54) is 161 Å². The molecule has 0 fully saturated rings. The van der Waals surface area contributed by atoms with Gasteiger partial charge in [0, 0.05) is 13.0 Å². The normalized spacial score (nSPS) is 12.9. The smallest absolute Gasteiger partial charge is 0.306 e. The molecule has 0 radical (unpaired) electrons. The molecule has 0 heterocycles. The molecule has 1 atom stereocenters. The lowest BCUT2D eigenvalue weighted by atomic mass is 10.0. The van der Waals surface area contributed by atoms with E-state index < -0.39 is 6.10 Å². The summed E-state index contributed by atoms with van der Waals surface area (Å²) in [5, 5.41) is 9.63. The Morgan fingerprint density at radius 3 is 1.24 bits per heavy atom. The highest BCUT2D eigenvalue weighted by Gasteiger charge is 2.13. The Hall–Kier alpha value is -1.91. The number of carbonyl (C=O) groups excluding carboxylic acids is 1. The van der Waals surface area contributed by atoms with Crippen LogP contribution in [-0.2, 0) is 14.3 Å². The second kappa shape index (κ2) is 48.2. The number of rotatable bonds is 44. The third-order valence-corrected chi connectivity index (χ3v) is 10.4. The number of aliphatic hydroxyl groups is 1. The van der Waals surface area contributed by atoms with Gasteiger partial charge in [0.25, 0.3) is 0 Å². The highest BCUT2D eigenvalue weighted by Crippen LogP contribution is 2.15. The van der Waals surface area contributed by atoms with Crippen molar-refractivity contribution in [2.24, 2.45) is 0 Å². The molecule has 0 spiro atoms. The summed E-state index contributed by atoms with van der Waals surface area (Å²) >= 11 is 0. The number of hydrogen-bond acceptors (Lipinski definition) is 4. The van der Waals surface area contributed by atoms with E-state index in [1.54, 1.807) is 0 Å². The molecule has 4 nitrogen and oxygen atoms in total. The van der Waals surface area contributed by atoms with Crippen molar-refractivity contribution >= 4 is 5.97 Å². The Morgan fingerprint density at radius 2 is 0.818 bits per heavy atom. The van der Waals surface area contributed by atoms with Gasteiger partial charge in [0.1, 0.15) is 6.10 Å². The van der Waals surface area contributed by atoms with Crippen molar-refractivity contribution < 1.29 is 19.4 Å². The molecule has 1 N–H and O–H groups in total. The van der Waals surface area contributed by atoms with Crippen LogP contribution in [0, 0.1) is 0 Å². The maximum absolute atomic E-state index is 12.2. The topological polar surface area (TPSA) is 55.8 Å². The average molecular weight is 769 g/mol. The summed E-state index contributed by atoms with van der Waals surface area (Å²) in [6.07, 6.45) is 64.4. The Balaban J connectivity index is 3.44. The molecule has 0 aliphatic heterocycles. The molecule has 55 heavy (non-hydrogen) atoms. The van der Waals surface area contributed by atoms with Crippen LogP contribution < -0.4 is 0 Å². The van der Waals surface area contributed by atoms with Gasteiger partial charge >= 0.3 is 5.97 Å². The van der Waals surface area contributed by atoms with Crippen LogP contribution in [0.15, 0.2) is 60.8 Å². The molecule has 320 valence electrons. The predicted molar refractivity (Wildman–Crippen MR) is 242 cm³/mol. The fourth-order valence-electron chi connectivity index (χ4n) is 6.83. The number of carbonyl (C=O) groups is 1. The molecule has 0 aliphatic rings. The molecule has 0 bridgehead atoms. The van der Waals surface area contributed by atoms with Gasteiger partial charge in [-0.1, -0.05) is 229 Å². The predicted octanol–water partition coefficient (Wildman–Crippen LogP) is 16.0. The lowest BCUT2D eigenvalue weighted by Crippen LogP contribution is -2.27. The maximum atomic E-state index is 12.2. The molecule has 0 aromatic heterocycles. The molecule has 0 saturated carbocycles. The number of unbranched alkanes of at least 4 members (excludes halogenated alkanes) is 26. The van der Waals surface area contributed by atoms with Crippen molar-refractivity contribution in [3.63, 3.8) is 0 Å². The molecule has 0 amide bonds. The summed E-state index contributed by atoms with van der Waals surface area (Å²) in [6, 6.07) is 0. The molecule has 0 rings (SSSR count). The first kappa shape index (κ1) is 53.1. The van der Waals surface area contributed by atoms with Crippen molar-refractivity contribution in [3.8, 4) is 0 Å². The highest BCUT2D eigenvalue weighted by molar-refractivity contribution is 5.69. The van der Waals surface area contributed by atoms with Crippen molar-refractivity contribution in [2.75, 3.05) is 19.8 Å². The second-order valence-electron chi connectivity index (χ2n) is 15.8.